The molecule has 0 bridgehead atoms. The first-order valence-electron chi connectivity index (χ1n) is 12.2. The number of nitrogens with one attached hydrogen (secondary N) is 1. The summed E-state index contributed by atoms with van der Waals surface area (Å²) in [6.07, 6.45) is 1.52. The number of ether oxygens (including phenoxy) is 1. The maximum atomic E-state index is 13.3. The van der Waals surface area contributed by atoms with E-state index in [0.29, 0.717) is 72.1 Å². The summed E-state index contributed by atoms with van der Waals surface area (Å²) in [4.78, 5) is 27.5. The van der Waals surface area contributed by atoms with E-state index < -0.39 is 5.92 Å². The zero-order chi connectivity index (χ0) is 29.3. The molecule has 1 amide bonds. The number of halogens is 3. The van der Waals surface area contributed by atoms with Crippen molar-refractivity contribution in [3.8, 4) is 11.8 Å². The topological polar surface area (TPSA) is 134 Å². The normalized spacial score (nSPS) is 16.9. The molecule has 2 aliphatic rings. The fraction of sp³-hybridized carbons (Fsp3) is 0.222. The molecule has 5 rings (SSSR count). The van der Waals surface area contributed by atoms with E-state index in [1.54, 1.807) is 41.3 Å². The average molecular weight is 648 g/mol. The van der Waals surface area contributed by atoms with Crippen LogP contribution in [0.1, 0.15) is 30.7 Å². The van der Waals surface area contributed by atoms with Crippen molar-refractivity contribution in [1.29, 1.82) is 5.26 Å². The smallest absolute Gasteiger partial charge is 0.234 e. The summed E-state index contributed by atoms with van der Waals surface area (Å²) >= 11 is 21.2. The third kappa shape index (κ3) is 5.89. The van der Waals surface area contributed by atoms with Gasteiger partial charge in [-0.1, -0.05) is 64.0 Å². The highest BCUT2D eigenvalue weighted by Crippen LogP contribution is 2.48. The number of hydrogen-bond donors (Lipinski definition) is 2. The molecule has 2 aromatic carbocycles. The molecule has 0 saturated heterocycles. The highest BCUT2D eigenvalue weighted by molar-refractivity contribution is 8.01. The lowest BCUT2D eigenvalue weighted by Crippen LogP contribution is -2.38. The second-order valence-corrected chi connectivity index (χ2v) is 12.4. The third-order valence-electron chi connectivity index (χ3n) is 6.54. The van der Waals surface area contributed by atoms with E-state index in [1.165, 1.54) is 30.2 Å². The molecule has 14 heteroatoms. The summed E-state index contributed by atoms with van der Waals surface area (Å²) in [5.74, 6) is -0.341. The lowest BCUT2D eigenvalue weighted by Gasteiger charge is -2.38. The number of amides is 1. The number of carbonyl (C=O) groups excluding carboxylic acids is 2. The van der Waals surface area contributed by atoms with Gasteiger partial charge < -0.3 is 15.8 Å². The number of carbonyl (C=O) groups is 2. The van der Waals surface area contributed by atoms with Crippen molar-refractivity contribution in [2.24, 2.45) is 5.73 Å². The maximum Gasteiger partial charge on any atom is 0.234 e. The van der Waals surface area contributed by atoms with E-state index in [9.17, 15) is 14.9 Å². The van der Waals surface area contributed by atoms with Crippen molar-refractivity contribution in [3.05, 3.63) is 79.7 Å². The van der Waals surface area contributed by atoms with Crippen molar-refractivity contribution in [2.45, 2.75) is 29.5 Å². The number of nitrogens with two attached hydrogens (primary N) is 1. The predicted octanol–water partition coefficient (Wildman–Crippen LogP) is 6.54. The van der Waals surface area contributed by atoms with Gasteiger partial charge in [0.1, 0.15) is 11.6 Å². The van der Waals surface area contributed by atoms with Crippen LogP contribution in [0.25, 0.3) is 0 Å². The zero-order valence-electron chi connectivity index (χ0n) is 21.4. The summed E-state index contributed by atoms with van der Waals surface area (Å²) in [5.41, 5.74) is 9.02. The molecule has 1 atom stereocenters. The van der Waals surface area contributed by atoms with Gasteiger partial charge in [-0.3, -0.25) is 14.5 Å². The number of nitriles is 1. The maximum absolute atomic E-state index is 13.3. The first-order valence-corrected chi connectivity index (χ1v) is 15.2. The van der Waals surface area contributed by atoms with Gasteiger partial charge in [0.2, 0.25) is 11.0 Å². The van der Waals surface area contributed by atoms with Gasteiger partial charge >= 0.3 is 0 Å². The number of benzene rings is 2. The van der Waals surface area contributed by atoms with Crippen LogP contribution in [0.3, 0.4) is 0 Å². The number of Topliss-reactive ketones (excluding diaryl/α,β-unsaturated/α-hetero) is 1. The van der Waals surface area contributed by atoms with Gasteiger partial charge in [-0.25, -0.2) is 0 Å². The largest absolute Gasteiger partial charge is 0.495 e. The van der Waals surface area contributed by atoms with Crippen molar-refractivity contribution in [1.82, 2.24) is 10.2 Å². The van der Waals surface area contributed by atoms with Crippen molar-refractivity contribution in [2.75, 3.05) is 23.1 Å². The second-order valence-electron chi connectivity index (χ2n) is 9.02. The van der Waals surface area contributed by atoms with E-state index in [0.717, 1.165) is 0 Å². The van der Waals surface area contributed by atoms with Gasteiger partial charge in [-0.05, 0) is 48.7 Å². The molecule has 0 saturated carbocycles. The molecule has 210 valence electrons. The number of methoxy groups -OCH3 is 1. The van der Waals surface area contributed by atoms with E-state index in [2.05, 4.69) is 21.6 Å². The standard InChI is InChI=1S/C27H21Cl3N6O3S2/c1-39-21-8-6-14(10-18(21)30)33-22(38)12-40-27-35-34-26(41-27)36-19-3-2-4-20(37)24(19)23(16(11-31)25(36)32)15-7-5-13(28)9-17(15)29/h5-10,23H,2-4,12,32H2,1H3,(H,33,38). The quantitative estimate of drug-likeness (QED) is 0.274. The van der Waals surface area contributed by atoms with Crippen LogP contribution in [0.4, 0.5) is 10.8 Å². The Hall–Kier alpha value is -3.27. The highest BCUT2D eigenvalue weighted by atomic mass is 35.5. The SMILES string of the molecule is COc1ccc(NC(=O)CSc2nnc(N3C(N)=C(C#N)C(c4ccc(Cl)cc4Cl)C4=C3CCCC4=O)s2)cc1Cl. The zero-order valence-corrected chi connectivity index (χ0v) is 25.3. The Kier molecular flexibility index (Phi) is 8.77. The monoisotopic (exact) mass is 646 g/mol. The van der Waals surface area contributed by atoms with E-state index in [4.69, 9.17) is 45.3 Å². The highest BCUT2D eigenvalue weighted by Gasteiger charge is 2.42. The molecular weight excluding hydrogens is 627 g/mol. The molecule has 0 radical (unpaired) electrons. The summed E-state index contributed by atoms with van der Waals surface area (Å²) < 4.78 is 5.65. The molecule has 2 heterocycles. The summed E-state index contributed by atoms with van der Waals surface area (Å²) in [5, 5.41) is 23.0. The predicted molar refractivity (Wildman–Crippen MR) is 162 cm³/mol. The molecule has 1 aromatic heterocycles. The molecular formula is C27H21Cl3N6O3S2. The molecule has 3 N–H and O–H groups in total. The number of thioether (sulfide) groups is 1. The summed E-state index contributed by atoms with van der Waals surface area (Å²) in [6, 6.07) is 12.1. The molecule has 1 aliphatic carbocycles. The Morgan fingerprint density at radius 2 is 2.02 bits per heavy atom. The van der Waals surface area contributed by atoms with Crippen molar-refractivity contribution < 1.29 is 14.3 Å². The molecule has 41 heavy (non-hydrogen) atoms. The molecule has 3 aromatic rings. The second kappa shape index (κ2) is 12.3. The number of allylic oxidation sites excluding steroid dienone is 3. The van der Waals surface area contributed by atoms with Crippen LogP contribution in [0, 0.1) is 11.3 Å². The number of nitrogens with zero attached hydrogens (tertiary/aromatic N) is 4. The first-order chi connectivity index (χ1) is 19.7. The van der Waals surface area contributed by atoms with E-state index in [1.807, 2.05) is 0 Å². The van der Waals surface area contributed by atoms with E-state index >= 15 is 0 Å². The van der Waals surface area contributed by atoms with Gasteiger partial charge in [-0.2, -0.15) is 5.26 Å². The molecule has 0 fully saturated rings. The van der Waals surface area contributed by atoms with Crippen LogP contribution in [0.15, 0.2) is 63.4 Å². The Morgan fingerprint density at radius 1 is 1.22 bits per heavy atom. The van der Waals surface area contributed by atoms with Crippen LogP contribution >= 0.6 is 57.9 Å². The van der Waals surface area contributed by atoms with Crippen molar-refractivity contribution in [3.63, 3.8) is 0 Å². The van der Waals surface area contributed by atoms with Gasteiger partial charge in [-0.15, -0.1) is 10.2 Å². The van der Waals surface area contributed by atoms with Gasteiger partial charge in [0.05, 0.1) is 35.4 Å². The van der Waals surface area contributed by atoms with Gasteiger partial charge in [0.15, 0.2) is 10.1 Å². The van der Waals surface area contributed by atoms with E-state index in [-0.39, 0.29) is 28.8 Å². The lowest BCUT2D eigenvalue weighted by atomic mass is 9.76. The number of anilines is 2. The minimum atomic E-state index is -0.722. The minimum Gasteiger partial charge on any atom is -0.495 e. The fourth-order valence-corrected chi connectivity index (χ4v) is 7.23. The van der Waals surface area contributed by atoms with Crippen molar-refractivity contribution >= 4 is 80.4 Å². The summed E-state index contributed by atoms with van der Waals surface area (Å²) in [7, 11) is 1.51. The molecule has 9 nitrogen and oxygen atoms in total. The summed E-state index contributed by atoms with van der Waals surface area (Å²) in [6.45, 7) is 0. The van der Waals surface area contributed by atoms with Crippen LogP contribution < -0.4 is 20.7 Å². The molecule has 0 spiro atoms. The first kappa shape index (κ1) is 29.2. The van der Waals surface area contributed by atoms with Gasteiger partial charge in [0, 0.05) is 33.4 Å². The van der Waals surface area contributed by atoms with Gasteiger partial charge in [0.25, 0.3) is 0 Å². The number of hydrogen-bond acceptors (Lipinski definition) is 10. The fourth-order valence-electron chi connectivity index (χ4n) is 4.77. The van der Waals surface area contributed by atoms with Crippen LogP contribution in [0.2, 0.25) is 15.1 Å². The third-order valence-corrected chi connectivity index (χ3v) is 9.44. The van der Waals surface area contributed by atoms with Crippen LogP contribution in [0.5, 0.6) is 5.75 Å². The lowest BCUT2D eigenvalue weighted by molar-refractivity contribution is -0.116. The Labute approximate surface area is 258 Å². The van der Waals surface area contributed by atoms with Crippen LogP contribution in [-0.4, -0.2) is 34.8 Å². The Balaban J connectivity index is 1.40. The molecule has 1 aliphatic heterocycles. The number of aromatic nitrogens is 2. The van der Waals surface area contributed by atoms with Crippen LogP contribution in [-0.2, 0) is 9.59 Å². The Bertz CT molecular complexity index is 1670. The number of rotatable bonds is 7. The Morgan fingerprint density at radius 3 is 2.73 bits per heavy atom. The molecule has 1 unspecified atom stereocenters. The number of ketones is 1. The average Bonchev–Trinajstić information content (AvgIpc) is 3.40. The minimum absolute atomic E-state index is 0.0661.